The molecule has 5 nitrogen and oxygen atoms in total. The molecule has 0 spiro atoms. The zero-order chi connectivity index (χ0) is 21.3. The van der Waals surface area contributed by atoms with Crippen molar-refractivity contribution in [1.82, 2.24) is 10.6 Å². The Morgan fingerprint density at radius 2 is 2.03 bits per heavy atom. The Morgan fingerprint density at radius 1 is 1.30 bits per heavy atom. The second kappa shape index (κ2) is 8.76. The maximum atomic E-state index is 14.7. The maximum absolute atomic E-state index is 14.7. The average Bonchev–Trinajstić information content (AvgIpc) is 3.38. The Balaban J connectivity index is 1.42. The molecule has 4 unspecified atom stereocenters. The van der Waals surface area contributed by atoms with E-state index in [9.17, 15) is 19.0 Å². The molecule has 1 heterocycles. The lowest BCUT2D eigenvalue weighted by Crippen LogP contribution is -2.50. The molecule has 1 saturated heterocycles. The summed E-state index contributed by atoms with van der Waals surface area (Å²) in [5, 5.41) is 15.6. The Morgan fingerprint density at radius 3 is 2.60 bits per heavy atom. The highest BCUT2D eigenvalue weighted by atomic mass is 32.2. The highest BCUT2D eigenvalue weighted by Crippen LogP contribution is 2.35. The van der Waals surface area contributed by atoms with Gasteiger partial charge in [-0.05, 0) is 83.4 Å². The lowest BCUT2D eigenvalue weighted by atomic mass is 9.98. The summed E-state index contributed by atoms with van der Waals surface area (Å²) in [5.41, 5.74) is 1.91. The molecule has 0 aromatic heterocycles. The second-order valence-corrected chi connectivity index (χ2v) is 9.47. The third-order valence-electron chi connectivity index (χ3n) is 6.11. The number of fused-ring (bicyclic) bond motifs is 2. The Kier molecular flexibility index (Phi) is 6.09. The van der Waals surface area contributed by atoms with Crippen LogP contribution in [0.1, 0.15) is 24.8 Å². The van der Waals surface area contributed by atoms with Gasteiger partial charge in [0.1, 0.15) is 18.1 Å². The molecular weight excluding hydrogens is 401 g/mol. The third kappa shape index (κ3) is 4.36. The molecule has 7 heteroatoms. The van der Waals surface area contributed by atoms with E-state index in [4.69, 9.17) is 0 Å². The van der Waals surface area contributed by atoms with Gasteiger partial charge in [-0.15, -0.1) is 0 Å². The highest BCUT2D eigenvalue weighted by molar-refractivity contribution is 7.90. The topological polar surface area (TPSA) is 88.0 Å². The lowest BCUT2D eigenvalue weighted by molar-refractivity contribution is -0.124. The molecule has 0 radical (unpaired) electrons. The van der Waals surface area contributed by atoms with Crippen LogP contribution in [-0.2, 0) is 22.4 Å². The van der Waals surface area contributed by atoms with Crippen LogP contribution < -0.4 is 10.6 Å². The van der Waals surface area contributed by atoms with Crippen molar-refractivity contribution >= 4 is 17.1 Å². The molecule has 2 fully saturated rings. The summed E-state index contributed by atoms with van der Waals surface area (Å²) in [7, 11) is 0. The molecule has 1 aliphatic carbocycles. The van der Waals surface area contributed by atoms with Gasteiger partial charge < -0.3 is 15.2 Å². The molecular formula is C23H24FN3O2S. The van der Waals surface area contributed by atoms with Crippen molar-refractivity contribution < 1.29 is 13.7 Å². The van der Waals surface area contributed by atoms with E-state index in [1.165, 1.54) is 6.07 Å². The molecule has 2 aliphatic rings. The fourth-order valence-corrected chi connectivity index (χ4v) is 5.01. The Labute approximate surface area is 178 Å². The van der Waals surface area contributed by atoms with Crippen LogP contribution in [-0.4, -0.2) is 34.8 Å². The van der Waals surface area contributed by atoms with Gasteiger partial charge >= 0.3 is 0 Å². The summed E-state index contributed by atoms with van der Waals surface area (Å²) in [6.45, 7) is 0. The van der Waals surface area contributed by atoms with E-state index in [2.05, 4.69) is 16.7 Å². The minimum Gasteiger partial charge on any atom is -0.612 e. The van der Waals surface area contributed by atoms with E-state index in [1.807, 2.05) is 12.1 Å². The molecule has 4 rings (SSSR count). The van der Waals surface area contributed by atoms with Crippen molar-refractivity contribution in [2.45, 2.75) is 48.7 Å². The molecule has 1 amide bonds. The summed E-state index contributed by atoms with van der Waals surface area (Å²) in [6, 6.07) is 13.5. The van der Waals surface area contributed by atoms with E-state index in [0.29, 0.717) is 28.0 Å². The molecule has 1 aliphatic heterocycles. The SMILES string of the molecule is C[S+]([O-])c1ccc(-c2ccc(C[C@@H](C#N)NC(=O)C3NC4CCC3C4)c(F)c2)cc1. The van der Waals surface area contributed by atoms with Gasteiger partial charge in [0.05, 0.1) is 12.1 Å². The zero-order valence-corrected chi connectivity index (χ0v) is 17.5. The fourth-order valence-electron chi connectivity index (χ4n) is 4.49. The minimum atomic E-state index is -1.06. The standard InChI is InChI=1S/C23H24FN3O2S/c1-30(29)20-8-5-14(6-9-20)15-2-3-16(21(24)12-15)10-19(13-25)27-23(28)22-17-4-7-18(11-17)26-22/h2-3,5-6,8-9,12,17-19,22,26H,4,7,10-11H2,1H3,(H,27,28)/t17?,18?,19-,22?,30?/m0/s1. The molecule has 2 bridgehead atoms. The first kappa shape index (κ1) is 20.9. The Bertz CT molecular complexity index is 973. The first-order valence-corrected chi connectivity index (χ1v) is 11.7. The van der Waals surface area contributed by atoms with Crippen LogP contribution in [0.5, 0.6) is 0 Å². The number of halogens is 1. The van der Waals surface area contributed by atoms with Crippen molar-refractivity contribution in [2.75, 3.05) is 6.26 Å². The van der Waals surface area contributed by atoms with E-state index in [-0.39, 0.29) is 18.4 Å². The molecule has 30 heavy (non-hydrogen) atoms. The van der Waals surface area contributed by atoms with Crippen LogP contribution in [0.4, 0.5) is 4.39 Å². The molecule has 5 atom stereocenters. The number of rotatable bonds is 6. The number of hydrogen-bond donors (Lipinski definition) is 2. The van der Waals surface area contributed by atoms with Crippen LogP contribution in [0.2, 0.25) is 0 Å². The highest BCUT2D eigenvalue weighted by Gasteiger charge is 2.43. The van der Waals surface area contributed by atoms with Gasteiger partial charge in [0.15, 0.2) is 4.90 Å². The van der Waals surface area contributed by atoms with Crippen LogP contribution in [0.25, 0.3) is 11.1 Å². The summed E-state index contributed by atoms with van der Waals surface area (Å²) in [5.74, 6) is -0.246. The first-order chi connectivity index (χ1) is 14.4. The monoisotopic (exact) mass is 425 g/mol. The number of piperidine rings is 1. The van der Waals surface area contributed by atoms with E-state index < -0.39 is 23.0 Å². The predicted molar refractivity (Wildman–Crippen MR) is 113 cm³/mol. The van der Waals surface area contributed by atoms with E-state index in [0.717, 1.165) is 24.8 Å². The number of amides is 1. The third-order valence-corrected chi connectivity index (χ3v) is 7.05. The predicted octanol–water partition coefficient (Wildman–Crippen LogP) is 2.92. The van der Waals surface area contributed by atoms with Gasteiger partial charge in [0.25, 0.3) is 0 Å². The smallest absolute Gasteiger partial charge is 0.238 e. The van der Waals surface area contributed by atoms with Crippen molar-refractivity contribution in [3.8, 4) is 17.2 Å². The van der Waals surface area contributed by atoms with Gasteiger partial charge in [-0.25, -0.2) is 4.39 Å². The van der Waals surface area contributed by atoms with Crippen LogP contribution in [0.3, 0.4) is 0 Å². The van der Waals surface area contributed by atoms with Crippen molar-refractivity contribution in [2.24, 2.45) is 5.92 Å². The number of hydrogen-bond acceptors (Lipinski definition) is 4. The quantitative estimate of drug-likeness (QED) is 0.697. The summed E-state index contributed by atoms with van der Waals surface area (Å²) >= 11 is -1.06. The van der Waals surface area contributed by atoms with Gasteiger partial charge in [0, 0.05) is 12.5 Å². The summed E-state index contributed by atoms with van der Waals surface area (Å²) in [6.07, 6.45) is 4.88. The Hall–Kier alpha value is -2.40. The number of carbonyl (C=O) groups is 1. The molecule has 2 N–H and O–H groups in total. The minimum absolute atomic E-state index is 0.114. The molecule has 2 aromatic rings. The van der Waals surface area contributed by atoms with Gasteiger partial charge in [-0.2, -0.15) is 5.26 Å². The van der Waals surface area contributed by atoms with Crippen LogP contribution in [0.15, 0.2) is 47.4 Å². The van der Waals surface area contributed by atoms with E-state index in [1.54, 1.807) is 30.5 Å². The fraction of sp³-hybridized carbons (Fsp3) is 0.391. The summed E-state index contributed by atoms with van der Waals surface area (Å²) in [4.78, 5) is 13.3. The zero-order valence-electron chi connectivity index (χ0n) is 16.7. The van der Waals surface area contributed by atoms with Crippen molar-refractivity contribution in [3.63, 3.8) is 0 Å². The number of nitriles is 1. The van der Waals surface area contributed by atoms with Gasteiger partial charge in [-0.3, -0.25) is 4.79 Å². The largest absolute Gasteiger partial charge is 0.612 e. The van der Waals surface area contributed by atoms with Crippen molar-refractivity contribution in [3.05, 3.63) is 53.8 Å². The van der Waals surface area contributed by atoms with Gasteiger partial charge in [0.2, 0.25) is 5.91 Å². The number of benzene rings is 2. The average molecular weight is 426 g/mol. The van der Waals surface area contributed by atoms with E-state index >= 15 is 0 Å². The summed E-state index contributed by atoms with van der Waals surface area (Å²) < 4.78 is 26.2. The molecule has 2 aromatic carbocycles. The first-order valence-electron chi connectivity index (χ1n) is 10.1. The van der Waals surface area contributed by atoms with Crippen LogP contribution in [0, 0.1) is 23.1 Å². The number of nitrogens with one attached hydrogen (secondary N) is 2. The normalized spacial score (nSPS) is 24.3. The molecule has 1 saturated carbocycles. The van der Waals surface area contributed by atoms with Crippen molar-refractivity contribution in [1.29, 1.82) is 5.26 Å². The second-order valence-electron chi connectivity index (χ2n) is 8.09. The number of nitrogens with zero attached hydrogens (tertiary/aromatic N) is 1. The van der Waals surface area contributed by atoms with Crippen LogP contribution >= 0.6 is 0 Å². The lowest BCUT2D eigenvalue weighted by Gasteiger charge is -2.23. The molecule has 156 valence electrons. The van der Waals surface area contributed by atoms with Gasteiger partial charge in [-0.1, -0.05) is 12.1 Å². The maximum Gasteiger partial charge on any atom is 0.238 e. The number of carbonyl (C=O) groups excluding carboxylic acids is 1.